The zero-order chi connectivity index (χ0) is 29.3. The second-order valence-electron chi connectivity index (χ2n) is 8.42. The molecular formula is C17H27N3O17P2. The number of aliphatic hydroxyl groups excluding tert-OH is 5. The van der Waals surface area contributed by atoms with E-state index in [9.17, 15) is 58.8 Å². The summed E-state index contributed by atoms with van der Waals surface area (Å²) < 4.78 is 49.2. The van der Waals surface area contributed by atoms with E-state index in [4.69, 9.17) is 9.47 Å². The lowest BCUT2D eigenvalue weighted by Crippen LogP contribution is -2.64. The van der Waals surface area contributed by atoms with E-state index in [1.54, 1.807) is 0 Å². The molecule has 2 fully saturated rings. The van der Waals surface area contributed by atoms with Gasteiger partial charge in [-0.05, 0) is 0 Å². The number of rotatable bonds is 10. The van der Waals surface area contributed by atoms with Crippen LogP contribution in [-0.2, 0) is 36.8 Å². The van der Waals surface area contributed by atoms with Crippen molar-refractivity contribution in [3.05, 3.63) is 33.1 Å². The van der Waals surface area contributed by atoms with E-state index in [0.717, 1.165) is 23.8 Å². The van der Waals surface area contributed by atoms with Crippen molar-refractivity contribution in [3.63, 3.8) is 0 Å². The fraction of sp³-hybridized carbons (Fsp3) is 0.706. The summed E-state index contributed by atoms with van der Waals surface area (Å²) in [7, 11) is -11.1. The lowest BCUT2D eigenvalue weighted by atomic mass is 9.97. The summed E-state index contributed by atoms with van der Waals surface area (Å²) in [6.07, 6.45) is -13.0. The molecule has 3 heterocycles. The molecule has 0 bridgehead atoms. The SMILES string of the molecule is CC(=O)N[C@H]1C(OP(=O)(O)OP(=O)(O)OC[C@H]2OC(n3ccc(=O)[nH]c3=O)[C@H](O)[C@@H]2O)O[C@H](CO)[C@H](O)[C@@H]1O. The monoisotopic (exact) mass is 607 g/mol. The van der Waals surface area contributed by atoms with Crippen LogP contribution in [0.5, 0.6) is 0 Å². The van der Waals surface area contributed by atoms with Crippen LogP contribution in [0.1, 0.15) is 13.2 Å². The molecule has 11 atom stereocenters. The number of aliphatic hydroxyl groups is 5. The van der Waals surface area contributed by atoms with Crippen molar-refractivity contribution < 1.29 is 72.1 Å². The van der Waals surface area contributed by atoms with Gasteiger partial charge >= 0.3 is 21.3 Å². The number of ether oxygens (including phenoxy) is 2. The quantitative estimate of drug-likeness (QED) is 0.113. The fourth-order valence-corrected chi connectivity index (χ4v) is 5.92. The molecule has 1 amide bonds. The summed E-state index contributed by atoms with van der Waals surface area (Å²) in [4.78, 5) is 56.4. The molecule has 39 heavy (non-hydrogen) atoms. The zero-order valence-electron chi connectivity index (χ0n) is 19.8. The van der Waals surface area contributed by atoms with E-state index in [0.29, 0.717) is 0 Å². The molecular weight excluding hydrogens is 580 g/mol. The third-order valence-electron chi connectivity index (χ3n) is 5.56. The van der Waals surface area contributed by atoms with Gasteiger partial charge in [0.05, 0.1) is 13.2 Å². The number of H-pyrrole nitrogens is 1. The first-order valence-electron chi connectivity index (χ1n) is 11.0. The van der Waals surface area contributed by atoms with Gasteiger partial charge in [-0.2, -0.15) is 4.31 Å². The summed E-state index contributed by atoms with van der Waals surface area (Å²) in [5.41, 5.74) is -1.75. The summed E-state index contributed by atoms with van der Waals surface area (Å²) >= 11 is 0. The Labute approximate surface area is 217 Å². The summed E-state index contributed by atoms with van der Waals surface area (Å²) in [5, 5.41) is 51.9. The van der Waals surface area contributed by atoms with E-state index in [2.05, 4.69) is 18.7 Å². The van der Waals surface area contributed by atoms with Gasteiger partial charge in [0, 0.05) is 19.2 Å². The first kappa shape index (κ1) is 31.7. The number of nitrogens with zero attached hydrogens (tertiary/aromatic N) is 1. The van der Waals surface area contributed by atoms with Crippen molar-refractivity contribution in [1.29, 1.82) is 0 Å². The van der Waals surface area contributed by atoms with Crippen LogP contribution in [0.25, 0.3) is 0 Å². The largest absolute Gasteiger partial charge is 0.483 e. The summed E-state index contributed by atoms with van der Waals surface area (Å²) in [6, 6.07) is -0.766. The molecule has 9 N–H and O–H groups in total. The molecule has 1 aromatic rings. The fourth-order valence-electron chi connectivity index (χ4n) is 3.76. The zero-order valence-corrected chi connectivity index (χ0v) is 21.6. The number of phosphoric ester groups is 2. The third kappa shape index (κ3) is 7.66. The van der Waals surface area contributed by atoms with E-state index >= 15 is 0 Å². The van der Waals surface area contributed by atoms with E-state index < -0.39 is 101 Å². The topological polar surface area (TPSA) is 306 Å². The van der Waals surface area contributed by atoms with Crippen molar-refractivity contribution in [2.24, 2.45) is 0 Å². The van der Waals surface area contributed by atoms with Gasteiger partial charge in [0.1, 0.15) is 42.7 Å². The number of amides is 1. The molecule has 22 heteroatoms. The molecule has 1 aromatic heterocycles. The van der Waals surface area contributed by atoms with Crippen LogP contribution in [0.4, 0.5) is 0 Å². The van der Waals surface area contributed by atoms with E-state index in [-0.39, 0.29) is 0 Å². The molecule has 2 aliphatic heterocycles. The van der Waals surface area contributed by atoms with Crippen LogP contribution in [0.15, 0.2) is 21.9 Å². The Bertz CT molecular complexity index is 1240. The van der Waals surface area contributed by atoms with Crippen LogP contribution in [0.3, 0.4) is 0 Å². The second kappa shape index (κ2) is 12.3. The average Bonchev–Trinajstić information content (AvgIpc) is 3.10. The number of hydrogen-bond acceptors (Lipinski definition) is 15. The first-order chi connectivity index (χ1) is 18.0. The molecule has 2 saturated heterocycles. The number of hydrogen-bond donors (Lipinski definition) is 9. The molecule has 3 rings (SSSR count). The van der Waals surface area contributed by atoms with Crippen molar-refractivity contribution >= 4 is 21.6 Å². The average molecular weight is 607 g/mol. The molecule has 0 aliphatic carbocycles. The minimum absolute atomic E-state index is 0.723. The van der Waals surface area contributed by atoms with Crippen molar-refractivity contribution in [2.75, 3.05) is 13.2 Å². The Morgan fingerprint density at radius 1 is 1.05 bits per heavy atom. The maximum Gasteiger partial charge on any atom is 0.483 e. The lowest BCUT2D eigenvalue weighted by molar-refractivity contribution is -0.247. The summed E-state index contributed by atoms with van der Waals surface area (Å²) in [6.45, 7) is -0.940. The smallest absolute Gasteiger partial charge is 0.394 e. The normalized spacial score (nSPS) is 36.2. The number of aromatic nitrogens is 2. The Morgan fingerprint density at radius 3 is 2.28 bits per heavy atom. The van der Waals surface area contributed by atoms with Crippen LogP contribution in [-0.4, -0.2) is 113 Å². The molecule has 0 radical (unpaired) electrons. The van der Waals surface area contributed by atoms with Gasteiger partial charge in [-0.1, -0.05) is 0 Å². The van der Waals surface area contributed by atoms with Crippen molar-refractivity contribution in [2.45, 2.75) is 62.1 Å². The number of nitrogens with one attached hydrogen (secondary N) is 2. The van der Waals surface area contributed by atoms with Crippen LogP contribution in [0, 0.1) is 0 Å². The highest BCUT2D eigenvalue weighted by Crippen LogP contribution is 2.61. The van der Waals surface area contributed by atoms with E-state index in [1.807, 2.05) is 4.98 Å². The Kier molecular flexibility index (Phi) is 10.0. The molecule has 0 spiro atoms. The van der Waals surface area contributed by atoms with Gasteiger partial charge < -0.3 is 50.1 Å². The molecule has 222 valence electrons. The number of carbonyl (C=O) groups is 1. The van der Waals surface area contributed by atoms with Crippen LogP contribution in [0.2, 0.25) is 0 Å². The van der Waals surface area contributed by atoms with Crippen molar-refractivity contribution in [1.82, 2.24) is 14.9 Å². The Morgan fingerprint density at radius 2 is 1.69 bits per heavy atom. The number of aromatic amines is 1. The number of phosphoric acid groups is 2. The van der Waals surface area contributed by atoms with Crippen LogP contribution >= 0.6 is 15.6 Å². The molecule has 4 unspecified atom stereocenters. The van der Waals surface area contributed by atoms with Gasteiger partial charge in [-0.15, -0.1) is 0 Å². The minimum atomic E-state index is -5.63. The highest BCUT2D eigenvalue weighted by atomic mass is 31.3. The molecule has 0 saturated carbocycles. The van der Waals surface area contributed by atoms with Gasteiger partial charge in [-0.25, -0.2) is 13.9 Å². The van der Waals surface area contributed by atoms with Crippen molar-refractivity contribution in [3.8, 4) is 0 Å². The Hall–Kier alpha value is -1.87. The maximum absolute atomic E-state index is 12.4. The minimum Gasteiger partial charge on any atom is -0.394 e. The number of carbonyl (C=O) groups excluding carboxylic acids is 1. The van der Waals surface area contributed by atoms with E-state index in [1.165, 1.54) is 0 Å². The second-order valence-corrected chi connectivity index (χ2v) is 11.4. The first-order valence-corrected chi connectivity index (χ1v) is 14.0. The van der Waals surface area contributed by atoms with Gasteiger partial charge in [-0.3, -0.25) is 28.2 Å². The highest BCUT2D eigenvalue weighted by Gasteiger charge is 2.50. The van der Waals surface area contributed by atoms with Crippen LogP contribution < -0.4 is 16.6 Å². The predicted octanol–water partition coefficient (Wildman–Crippen LogP) is -4.65. The predicted molar refractivity (Wildman–Crippen MR) is 120 cm³/mol. The molecule has 0 aromatic carbocycles. The lowest BCUT2D eigenvalue weighted by Gasteiger charge is -2.42. The van der Waals surface area contributed by atoms with Gasteiger partial charge in [0.25, 0.3) is 5.56 Å². The summed E-state index contributed by atoms with van der Waals surface area (Å²) in [5.74, 6) is -0.796. The maximum atomic E-state index is 12.4. The Balaban J connectivity index is 1.66. The highest BCUT2D eigenvalue weighted by molar-refractivity contribution is 7.61. The molecule has 2 aliphatic rings. The standard InChI is InChI=1S/C17H27N3O17P2/c1-6(22)18-10-13(26)11(24)7(4-21)35-16(10)36-39(31,32)37-38(29,30)33-5-8-12(25)14(27)15(34-8)20-3-2-9(23)19-17(20)28/h2-3,7-8,10-16,21,24-27H,4-5H2,1H3,(H,18,22)(H,29,30)(H,31,32)(H,19,23,28)/t7-,8-,10-,11+,12-,13-,14-,15?,16?/m1/s1. The molecule has 20 nitrogen and oxygen atoms in total. The van der Waals surface area contributed by atoms with Gasteiger partial charge in [0.15, 0.2) is 12.5 Å². The third-order valence-corrected chi connectivity index (χ3v) is 8.16. The van der Waals surface area contributed by atoms with Gasteiger partial charge in [0.2, 0.25) is 5.91 Å².